The Morgan fingerprint density at radius 3 is 2.96 bits per heavy atom. The molecule has 8 heteroatoms. The molecule has 0 aromatic carbocycles. The number of fused-ring (bicyclic) bond motifs is 2. The number of nitrogens with zero attached hydrogens (tertiary/aromatic N) is 5. The standard InChI is InChI=1S/C17H17N5O2S/c1-10(2)5-14-18-7-11-8-21(9-12(11)19-14)16(24)13-6-15(23)20-17-22(13)3-4-25-17/h3-4,6-7,10H,5,8-9H2,1-2H3. The van der Waals surface area contributed by atoms with Crippen LogP contribution < -0.4 is 5.56 Å². The fourth-order valence-electron chi connectivity index (χ4n) is 2.98. The first-order valence-corrected chi connectivity index (χ1v) is 8.99. The Kier molecular flexibility index (Phi) is 3.84. The molecule has 0 saturated carbocycles. The van der Waals surface area contributed by atoms with Crippen LogP contribution in [0.2, 0.25) is 0 Å². The highest BCUT2D eigenvalue weighted by Crippen LogP contribution is 2.23. The summed E-state index contributed by atoms with van der Waals surface area (Å²) >= 11 is 1.33. The van der Waals surface area contributed by atoms with Crippen molar-refractivity contribution in [1.29, 1.82) is 0 Å². The molecule has 0 fully saturated rings. The molecule has 4 rings (SSSR count). The average Bonchev–Trinajstić information content (AvgIpc) is 3.18. The number of rotatable bonds is 3. The minimum atomic E-state index is -0.401. The molecule has 0 radical (unpaired) electrons. The smallest absolute Gasteiger partial charge is 0.274 e. The third-order valence-corrected chi connectivity index (χ3v) is 4.87. The molecule has 7 nitrogen and oxygen atoms in total. The molecule has 3 aromatic rings. The van der Waals surface area contributed by atoms with Gasteiger partial charge in [-0.25, -0.2) is 9.97 Å². The van der Waals surface area contributed by atoms with E-state index >= 15 is 0 Å². The largest absolute Gasteiger partial charge is 0.327 e. The Bertz CT molecular complexity index is 1020. The molecule has 0 unspecified atom stereocenters. The summed E-state index contributed by atoms with van der Waals surface area (Å²) in [6.07, 6.45) is 4.38. The summed E-state index contributed by atoms with van der Waals surface area (Å²) in [5.74, 6) is 1.09. The Balaban J connectivity index is 1.63. The first-order chi connectivity index (χ1) is 12.0. The highest BCUT2D eigenvalue weighted by molar-refractivity contribution is 7.15. The number of amides is 1. The molecule has 1 amide bonds. The molecule has 1 aliphatic heterocycles. The lowest BCUT2D eigenvalue weighted by Gasteiger charge is -2.15. The van der Waals surface area contributed by atoms with Crippen molar-refractivity contribution >= 4 is 22.2 Å². The summed E-state index contributed by atoms with van der Waals surface area (Å²) in [6.45, 7) is 5.14. The summed E-state index contributed by atoms with van der Waals surface area (Å²) < 4.78 is 1.66. The van der Waals surface area contributed by atoms with Crippen LogP contribution >= 0.6 is 11.3 Å². The quantitative estimate of drug-likeness (QED) is 0.717. The zero-order valence-electron chi connectivity index (χ0n) is 14.0. The van der Waals surface area contributed by atoms with Gasteiger partial charge in [0.2, 0.25) is 0 Å². The van der Waals surface area contributed by atoms with E-state index in [0.717, 1.165) is 23.5 Å². The van der Waals surface area contributed by atoms with E-state index in [9.17, 15) is 9.59 Å². The van der Waals surface area contributed by atoms with Gasteiger partial charge in [-0.15, -0.1) is 11.3 Å². The van der Waals surface area contributed by atoms with Crippen LogP contribution in [0.15, 0.2) is 28.6 Å². The third kappa shape index (κ3) is 2.93. The normalized spacial score (nSPS) is 13.6. The number of hydrogen-bond acceptors (Lipinski definition) is 6. The van der Waals surface area contributed by atoms with E-state index in [1.54, 1.807) is 20.9 Å². The van der Waals surface area contributed by atoms with Gasteiger partial charge >= 0.3 is 0 Å². The van der Waals surface area contributed by atoms with Crippen LogP contribution in [0.1, 0.15) is 41.4 Å². The summed E-state index contributed by atoms with van der Waals surface area (Å²) in [4.78, 5) is 39.8. The van der Waals surface area contributed by atoms with Crippen LogP contribution in [0.5, 0.6) is 0 Å². The summed E-state index contributed by atoms with van der Waals surface area (Å²) in [5.41, 5.74) is 1.78. The maximum absolute atomic E-state index is 12.9. The van der Waals surface area contributed by atoms with Gasteiger partial charge in [-0.3, -0.25) is 14.0 Å². The second-order valence-corrected chi connectivity index (χ2v) is 7.43. The lowest BCUT2D eigenvalue weighted by atomic mass is 10.1. The highest BCUT2D eigenvalue weighted by atomic mass is 32.1. The van der Waals surface area contributed by atoms with Crippen molar-refractivity contribution < 1.29 is 4.79 Å². The van der Waals surface area contributed by atoms with Gasteiger partial charge in [-0.05, 0) is 5.92 Å². The second-order valence-electron chi connectivity index (χ2n) is 6.55. The molecule has 3 aromatic heterocycles. The van der Waals surface area contributed by atoms with E-state index in [-0.39, 0.29) is 5.91 Å². The van der Waals surface area contributed by atoms with Crippen LogP contribution in [0, 0.1) is 5.92 Å². The lowest BCUT2D eigenvalue weighted by Crippen LogP contribution is -2.28. The third-order valence-electron chi connectivity index (χ3n) is 4.12. The van der Waals surface area contributed by atoms with Crippen LogP contribution in [-0.4, -0.2) is 30.2 Å². The van der Waals surface area contributed by atoms with Gasteiger partial charge in [0.15, 0.2) is 4.96 Å². The number of aromatic nitrogens is 4. The van der Waals surface area contributed by atoms with E-state index in [4.69, 9.17) is 0 Å². The molecule has 1 aliphatic rings. The fraction of sp³-hybridized carbons (Fsp3) is 0.353. The number of hydrogen-bond donors (Lipinski definition) is 0. The average molecular weight is 355 g/mol. The van der Waals surface area contributed by atoms with E-state index < -0.39 is 5.56 Å². The predicted molar refractivity (Wildman–Crippen MR) is 93.5 cm³/mol. The van der Waals surface area contributed by atoms with Gasteiger partial charge in [0.1, 0.15) is 11.5 Å². The molecule has 0 spiro atoms. The van der Waals surface area contributed by atoms with Crippen molar-refractivity contribution in [2.75, 3.05) is 0 Å². The molecule has 0 bridgehead atoms. The maximum Gasteiger partial charge on any atom is 0.274 e. The Morgan fingerprint density at radius 2 is 2.16 bits per heavy atom. The molecule has 128 valence electrons. The number of carbonyl (C=O) groups excluding carboxylic acids is 1. The Hall–Kier alpha value is -2.61. The summed E-state index contributed by atoms with van der Waals surface area (Å²) in [6, 6.07) is 1.29. The molecule has 25 heavy (non-hydrogen) atoms. The minimum absolute atomic E-state index is 0.198. The highest BCUT2D eigenvalue weighted by Gasteiger charge is 2.28. The van der Waals surface area contributed by atoms with Crippen molar-refractivity contribution in [2.24, 2.45) is 5.92 Å². The van der Waals surface area contributed by atoms with Gasteiger partial charge in [0, 0.05) is 42.4 Å². The van der Waals surface area contributed by atoms with E-state index in [1.165, 1.54) is 17.4 Å². The van der Waals surface area contributed by atoms with Gasteiger partial charge < -0.3 is 4.90 Å². The van der Waals surface area contributed by atoms with Crippen molar-refractivity contribution in [3.05, 3.63) is 57.0 Å². The monoisotopic (exact) mass is 355 g/mol. The van der Waals surface area contributed by atoms with Crippen LogP contribution in [0.3, 0.4) is 0 Å². The molecular formula is C17H17N5O2S. The molecular weight excluding hydrogens is 338 g/mol. The topological polar surface area (TPSA) is 80.5 Å². The van der Waals surface area contributed by atoms with Crippen molar-refractivity contribution in [2.45, 2.75) is 33.4 Å². The number of thiazole rings is 1. The fourth-order valence-corrected chi connectivity index (χ4v) is 3.70. The molecule has 0 saturated heterocycles. The van der Waals surface area contributed by atoms with Gasteiger partial charge in [0.05, 0.1) is 12.2 Å². The zero-order valence-corrected chi connectivity index (χ0v) is 14.8. The second kappa shape index (κ2) is 6.03. The first-order valence-electron chi connectivity index (χ1n) is 8.11. The zero-order chi connectivity index (χ0) is 17.6. The first kappa shape index (κ1) is 15.9. The van der Waals surface area contributed by atoms with Crippen molar-refractivity contribution in [3.8, 4) is 0 Å². The summed E-state index contributed by atoms with van der Waals surface area (Å²) in [7, 11) is 0. The molecule has 0 N–H and O–H groups in total. The molecule has 0 aliphatic carbocycles. The Morgan fingerprint density at radius 1 is 1.32 bits per heavy atom. The van der Waals surface area contributed by atoms with Crippen LogP contribution in [0.4, 0.5) is 0 Å². The van der Waals surface area contributed by atoms with Crippen molar-refractivity contribution in [1.82, 2.24) is 24.3 Å². The minimum Gasteiger partial charge on any atom is -0.327 e. The SMILES string of the molecule is CC(C)Cc1ncc2c(n1)CN(C(=O)c1cc(=O)nc3sccn13)C2. The maximum atomic E-state index is 12.9. The van der Waals surface area contributed by atoms with Gasteiger partial charge in [0.25, 0.3) is 11.5 Å². The van der Waals surface area contributed by atoms with Gasteiger partial charge in [-0.1, -0.05) is 13.8 Å². The van der Waals surface area contributed by atoms with Crippen molar-refractivity contribution in [3.63, 3.8) is 0 Å². The van der Waals surface area contributed by atoms with E-state index in [1.807, 2.05) is 6.20 Å². The van der Waals surface area contributed by atoms with Gasteiger partial charge in [-0.2, -0.15) is 4.98 Å². The summed E-state index contributed by atoms with van der Waals surface area (Å²) in [5, 5.41) is 1.81. The lowest BCUT2D eigenvalue weighted by molar-refractivity contribution is 0.0742. The van der Waals surface area contributed by atoms with E-state index in [0.29, 0.717) is 29.7 Å². The van der Waals surface area contributed by atoms with Crippen LogP contribution in [0.25, 0.3) is 4.96 Å². The predicted octanol–water partition coefficient (Wildman–Crippen LogP) is 1.90. The Labute approximate surface area is 148 Å². The molecule has 4 heterocycles. The van der Waals surface area contributed by atoms with E-state index in [2.05, 4.69) is 28.8 Å². The number of carbonyl (C=O) groups is 1. The molecule has 0 atom stereocenters. The van der Waals surface area contributed by atoms with Crippen LogP contribution in [-0.2, 0) is 19.5 Å².